The number of thioether (sulfide) groups is 1. The van der Waals surface area contributed by atoms with Gasteiger partial charge in [-0.05, 0) is 12.1 Å². The van der Waals surface area contributed by atoms with Crippen molar-refractivity contribution in [2.75, 3.05) is 11.1 Å². The third-order valence-corrected chi connectivity index (χ3v) is 2.78. The molecule has 0 atom stereocenters. The van der Waals surface area contributed by atoms with Crippen LogP contribution in [0.15, 0.2) is 18.2 Å². The molecule has 0 aliphatic heterocycles. The highest BCUT2D eigenvalue weighted by atomic mass is 32.2. The van der Waals surface area contributed by atoms with Crippen LogP contribution in [0.25, 0.3) is 0 Å². The summed E-state index contributed by atoms with van der Waals surface area (Å²) in [5.41, 5.74) is 0.368. The van der Waals surface area contributed by atoms with E-state index in [4.69, 9.17) is 0 Å². The predicted octanol–water partition coefficient (Wildman–Crippen LogP) is 2.18. The van der Waals surface area contributed by atoms with Crippen molar-refractivity contribution >= 4 is 34.2 Å². The lowest BCUT2D eigenvalue weighted by Gasteiger charge is -2.03. The van der Waals surface area contributed by atoms with Crippen molar-refractivity contribution < 1.29 is 14.5 Å². The monoisotopic (exact) mass is 292 g/mol. The zero-order valence-electron chi connectivity index (χ0n) is 10.9. The Morgan fingerprint density at radius 1 is 1.40 bits per heavy atom. The van der Waals surface area contributed by atoms with E-state index in [1.165, 1.54) is 26.0 Å². The van der Waals surface area contributed by atoms with Gasteiger partial charge < -0.3 is 5.32 Å². The Hall–Kier alpha value is -2.33. The molecule has 104 valence electrons. The molecule has 0 aromatic heterocycles. The maximum absolute atomic E-state index is 11.0. The summed E-state index contributed by atoms with van der Waals surface area (Å²) in [5.74, 6) is 5.42. The summed E-state index contributed by atoms with van der Waals surface area (Å²) in [6.45, 7) is 2.72. The minimum atomic E-state index is -0.583. The SMILES string of the molecule is CC(=O)Nc1ccc(C#CCSC(C)=O)cc1[N+](=O)[O-]. The first kappa shape index (κ1) is 15.7. The van der Waals surface area contributed by atoms with Crippen LogP contribution in [0.4, 0.5) is 11.4 Å². The maximum Gasteiger partial charge on any atom is 0.293 e. The van der Waals surface area contributed by atoms with Gasteiger partial charge in [-0.15, -0.1) is 0 Å². The topological polar surface area (TPSA) is 89.3 Å². The molecule has 6 nitrogen and oxygen atoms in total. The third kappa shape index (κ3) is 5.12. The number of anilines is 1. The van der Waals surface area contributed by atoms with Crippen molar-refractivity contribution in [2.45, 2.75) is 13.8 Å². The van der Waals surface area contributed by atoms with Gasteiger partial charge in [-0.1, -0.05) is 23.6 Å². The van der Waals surface area contributed by atoms with Crippen LogP contribution in [0.2, 0.25) is 0 Å². The van der Waals surface area contributed by atoms with Crippen molar-refractivity contribution in [2.24, 2.45) is 0 Å². The lowest BCUT2D eigenvalue weighted by Crippen LogP contribution is -2.08. The summed E-state index contributed by atoms with van der Waals surface area (Å²) >= 11 is 1.07. The summed E-state index contributed by atoms with van der Waals surface area (Å²) < 4.78 is 0. The molecule has 1 aromatic rings. The van der Waals surface area contributed by atoms with Gasteiger partial charge >= 0.3 is 0 Å². The smallest absolute Gasteiger partial charge is 0.293 e. The molecule has 0 bridgehead atoms. The van der Waals surface area contributed by atoms with E-state index < -0.39 is 4.92 Å². The van der Waals surface area contributed by atoms with Gasteiger partial charge in [-0.25, -0.2) is 0 Å². The Kier molecular flexibility index (Phi) is 5.74. The molecule has 7 heteroatoms. The molecule has 0 saturated heterocycles. The zero-order valence-corrected chi connectivity index (χ0v) is 11.7. The molecule has 0 aliphatic carbocycles. The van der Waals surface area contributed by atoms with Crippen LogP contribution in [-0.4, -0.2) is 21.7 Å². The minimum Gasteiger partial charge on any atom is -0.321 e. The zero-order chi connectivity index (χ0) is 15.1. The number of benzene rings is 1. The number of nitro groups is 1. The number of hydrogen-bond acceptors (Lipinski definition) is 5. The molecule has 1 amide bonds. The van der Waals surface area contributed by atoms with E-state index in [2.05, 4.69) is 17.2 Å². The van der Waals surface area contributed by atoms with Gasteiger partial charge in [0.15, 0.2) is 5.12 Å². The molecule has 1 N–H and O–H groups in total. The number of hydrogen-bond donors (Lipinski definition) is 1. The van der Waals surface area contributed by atoms with Crippen LogP contribution >= 0.6 is 11.8 Å². The average molecular weight is 292 g/mol. The number of carbonyl (C=O) groups excluding carboxylic acids is 2. The maximum atomic E-state index is 11.0. The highest BCUT2D eigenvalue weighted by Gasteiger charge is 2.14. The van der Waals surface area contributed by atoms with Gasteiger partial charge in [0.2, 0.25) is 5.91 Å². The van der Waals surface area contributed by atoms with Gasteiger partial charge in [0.1, 0.15) is 5.69 Å². The average Bonchev–Trinajstić information content (AvgIpc) is 2.35. The Bertz CT molecular complexity index is 617. The molecule has 0 aliphatic rings. The second-order valence-electron chi connectivity index (χ2n) is 3.75. The molecule has 0 saturated carbocycles. The molecule has 0 spiro atoms. The quantitative estimate of drug-likeness (QED) is 0.524. The summed E-state index contributed by atoms with van der Waals surface area (Å²) in [5, 5.41) is 13.3. The fourth-order valence-corrected chi connectivity index (χ4v) is 1.68. The van der Waals surface area contributed by atoms with Crippen LogP contribution < -0.4 is 5.32 Å². The molecule has 1 rings (SSSR count). The molecule has 0 heterocycles. The normalized spacial score (nSPS) is 9.30. The van der Waals surface area contributed by atoms with Crippen LogP contribution in [-0.2, 0) is 9.59 Å². The first-order chi connectivity index (χ1) is 9.40. The predicted molar refractivity (Wildman–Crippen MR) is 77.4 cm³/mol. The number of nitrogens with one attached hydrogen (secondary N) is 1. The van der Waals surface area contributed by atoms with Crippen LogP contribution in [0.3, 0.4) is 0 Å². The number of nitro benzene ring substituents is 1. The number of carbonyl (C=O) groups is 2. The Morgan fingerprint density at radius 3 is 2.65 bits per heavy atom. The lowest BCUT2D eigenvalue weighted by atomic mass is 10.1. The standard InChI is InChI=1S/C13H12N2O4S/c1-9(16)14-12-6-5-11(8-13(12)15(18)19)4-3-7-20-10(2)17/h5-6,8H,7H2,1-2H3,(H,14,16). The highest BCUT2D eigenvalue weighted by molar-refractivity contribution is 8.13. The van der Waals surface area contributed by atoms with Crippen LogP contribution in [0, 0.1) is 22.0 Å². The van der Waals surface area contributed by atoms with E-state index in [1.54, 1.807) is 6.07 Å². The Labute approximate surface area is 120 Å². The number of nitrogens with zero attached hydrogens (tertiary/aromatic N) is 1. The van der Waals surface area contributed by atoms with Gasteiger partial charge in [0.25, 0.3) is 5.69 Å². The van der Waals surface area contributed by atoms with E-state index in [1.807, 2.05) is 0 Å². The first-order valence-electron chi connectivity index (χ1n) is 5.58. The Morgan fingerprint density at radius 2 is 2.10 bits per heavy atom. The summed E-state index contributed by atoms with van der Waals surface area (Å²) in [7, 11) is 0. The summed E-state index contributed by atoms with van der Waals surface area (Å²) in [6.07, 6.45) is 0. The second kappa shape index (κ2) is 7.31. The summed E-state index contributed by atoms with van der Waals surface area (Å²) in [6, 6.07) is 4.29. The lowest BCUT2D eigenvalue weighted by molar-refractivity contribution is -0.383. The van der Waals surface area contributed by atoms with Gasteiger partial charge in [-0.3, -0.25) is 19.7 Å². The fraction of sp³-hybridized carbons (Fsp3) is 0.231. The van der Waals surface area contributed by atoms with Crippen molar-refractivity contribution in [1.82, 2.24) is 0 Å². The van der Waals surface area contributed by atoms with E-state index >= 15 is 0 Å². The molecule has 1 aromatic carbocycles. The Balaban J connectivity index is 2.95. The van der Waals surface area contributed by atoms with Gasteiger partial charge in [0, 0.05) is 25.5 Å². The number of rotatable bonds is 3. The highest BCUT2D eigenvalue weighted by Crippen LogP contribution is 2.25. The van der Waals surface area contributed by atoms with Crippen LogP contribution in [0.5, 0.6) is 0 Å². The van der Waals surface area contributed by atoms with Gasteiger partial charge in [-0.2, -0.15) is 0 Å². The van der Waals surface area contributed by atoms with E-state index in [-0.39, 0.29) is 22.4 Å². The fourth-order valence-electron chi connectivity index (χ4n) is 1.33. The molecule has 20 heavy (non-hydrogen) atoms. The second-order valence-corrected chi connectivity index (χ2v) is 4.90. The largest absolute Gasteiger partial charge is 0.321 e. The first-order valence-corrected chi connectivity index (χ1v) is 6.57. The van der Waals surface area contributed by atoms with Crippen molar-refractivity contribution in [1.29, 1.82) is 0 Å². The molecular weight excluding hydrogens is 280 g/mol. The van der Waals surface area contributed by atoms with Crippen molar-refractivity contribution in [3.63, 3.8) is 0 Å². The molecule has 0 fully saturated rings. The molecule has 0 radical (unpaired) electrons. The van der Waals surface area contributed by atoms with Crippen molar-refractivity contribution in [3.8, 4) is 11.8 Å². The minimum absolute atomic E-state index is 0.0358. The summed E-state index contributed by atoms with van der Waals surface area (Å²) in [4.78, 5) is 32.0. The number of amides is 1. The van der Waals surface area contributed by atoms with Gasteiger partial charge in [0.05, 0.1) is 10.7 Å². The van der Waals surface area contributed by atoms with Crippen LogP contribution in [0.1, 0.15) is 19.4 Å². The van der Waals surface area contributed by atoms with E-state index in [9.17, 15) is 19.7 Å². The van der Waals surface area contributed by atoms with E-state index in [0.29, 0.717) is 11.3 Å². The molecule has 0 unspecified atom stereocenters. The molecular formula is C13H12N2O4S. The third-order valence-electron chi connectivity index (χ3n) is 2.09. The van der Waals surface area contributed by atoms with E-state index in [0.717, 1.165) is 11.8 Å². The van der Waals surface area contributed by atoms with Crippen molar-refractivity contribution in [3.05, 3.63) is 33.9 Å².